The quantitative estimate of drug-likeness (QED) is 0.559. The number of aromatic hydroxyl groups is 1. The Labute approximate surface area is 153 Å². The van der Waals surface area contributed by atoms with E-state index in [4.69, 9.17) is 9.47 Å². The molecule has 26 heavy (non-hydrogen) atoms. The maximum absolute atomic E-state index is 12.1. The molecule has 0 saturated carbocycles. The van der Waals surface area contributed by atoms with E-state index in [1.54, 1.807) is 36.4 Å². The molecule has 0 heterocycles. The molecular weight excluding hydrogens is 332 g/mol. The van der Waals surface area contributed by atoms with Crippen LogP contribution in [0.1, 0.15) is 36.2 Å². The number of ether oxygens (including phenoxy) is 2. The Balaban J connectivity index is 1.88. The van der Waals surface area contributed by atoms with Crippen LogP contribution in [-0.4, -0.2) is 30.9 Å². The van der Waals surface area contributed by atoms with E-state index in [1.807, 2.05) is 0 Å². The lowest BCUT2D eigenvalue weighted by Gasteiger charge is -2.08. The summed E-state index contributed by atoms with van der Waals surface area (Å²) >= 11 is 0. The number of nitrogens with one attached hydrogen (secondary N) is 1. The minimum atomic E-state index is -0.326. The summed E-state index contributed by atoms with van der Waals surface area (Å²) in [6, 6.07) is 11.7. The van der Waals surface area contributed by atoms with E-state index in [9.17, 15) is 9.90 Å². The van der Waals surface area contributed by atoms with Gasteiger partial charge in [-0.1, -0.05) is 13.8 Å². The van der Waals surface area contributed by atoms with Crippen LogP contribution in [0.15, 0.2) is 47.6 Å². The molecule has 0 spiro atoms. The van der Waals surface area contributed by atoms with Crippen LogP contribution in [0.3, 0.4) is 0 Å². The van der Waals surface area contributed by atoms with E-state index in [0.717, 1.165) is 12.2 Å². The first-order valence-corrected chi connectivity index (χ1v) is 8.43. The molecule has 0 radical (unpaired) electrons. The molecular formula is C20H24N2O4. The minimum Gasteiger partial charge on any atom is -0.504 e. The third kappa shape index (κ3) is 5.81. The molecule has 0 unspecified atom stereocenters. The fraction of sp³-hybridized carbons (Fsp3) is 0.300. The maximum atomic E-state index is 12.1. The average Bonchev–Trinajstić information content (AvgIpc) is 2.62. The van der Waals surface area contributed by atoms with Gasteiger partial charge < -0.3 is 14.6 Å². The van der Waals surface area contributed by atoms with Gasteiger partial charge in [-0.3, -0.25) is 4.79 Å². The van der Waals surface area contributed by atoms with Gasteiger partial charge in [0.1, 0.15) is 5.75 Å². The topological polar surface area (TPSA) is 80.2 Å². The molecule has 0 atom stereocenters. The molecule has 6 heteroatoms. The van der Waals surface area contributed by atoms with E-state index in [1.165, 1.54) is 19.4 Å². The number of methoxy groups -OCH3 is 1. The maximum Gasteiger partial charge on any atom is 0.271 e. The molecule has 138 valence electrons. The first-order chi connectivity index (χ1) is 12.5. The summed E-state index contributed by atoms with van der Waals surface area (Å²) in [4.78, 5) is 12.1. The van der Waals surface area contributed by atoms with Gasteiger partial charge in [0.25, 0.3) is 5.91 Å². The van der Waals surface area contributed by atoms with Gasteiger partial charge in [-0.15, -0.1) is 0 Å². The molecule has 1 amide bonds. The van der Waals surface area contributed by atoms with Crippen molar-refractivity contribution in [2.45, 2.75) is 20.3 Å². The molecule has 0 saturated heterocycles. The van der Waals surface area contributed by atoms with Crippen LogP contribution in [0.5, 0.6) is 17.2 Å². The molecule has 2 N–H and O–H groups in total. The number of phenolic OH excluding ortho intramolecular Hbond substituents is 1. The zero-order chi connectivity index (χ0) is 18.9. The van der Waals surface area contributed by atoms with Gasteiger partial charge in [0.05, 0.1) is 19.9 Å². The van der Waals surface area contributed by atoms with Crippen LogP contribution in [0.4, 0.5) is 0 Å². The van der Waals surface area contributed by atoms with E-state index < -0.39 is 0 Å². The summed E-state index contributed by atoms with van der Waals surface area (Å²) < 4.78 is 10.6. The van der Waals surface area contributed by atoms with Crippen molar-refractivity contribution in [3.63, 3.8) is 0 Å². The van der Waals surface area contributed by atoms with Crippen LogP contribution in [-0.2, 0) is 0 Å². The Morgan fingerprint density at radius 2 is 1.96 bits per heavy atom. The van der Waals surface area contributed by atoms with Crippen molar-refractivity contribution < 1.29 is 19.4 Å². The zero-order valence-corrected chi connectivity index (χ0v) is 15.2. The van der Waals surface area contributed by atoms with Gasteiger partial charge >= 0.3 is 0 Å². The smallest absolute Gasteiger partial charge is 0.271 e. The summed E-state index contributed by atoms with van der Waals surface area (Å²) in [6.07, 6.45) is 2.43. The number of hydrazone groups is 1. The van der Waals surface area contributed by atoms with Crippen molar-refractivity contribution in [2.24, 2.45) is 11.0 Å². The Morgan fingerprint density at radius 3 is 2.58 bits per heavy atom. The van der Waals surface area contributed by atoms with E-state index in [0.29, 0.717) is 29.4 Å². The van der Waals surface area contributed by atoms with Crippen LogP contribution in [0.25, 0.3) is 0 Å². The van der Waals surface area contributed by atoms with E-state index in [-0.39, 0.29) is 11.7 Å². The normalized spacial score (nSPS) is 10.9. The second-order valence-electron chi connectivity index (χ2n) is 6.19. The van der Waals surface area contributed by atoms with E-state index in [2.05, 4.69) is 24.4 Å². The molecule has 0 aliphatic rings. The molecule has 0 aromatic heterocycles. The van der Waals surface area contributed by atoms with Crippen molar-refractivity contribution in [1.82, 2.24) is 5.43 Å². The number of carbonyl (C=O) groups is 1. The second-order valence-corrected chi connectivity index (χ2v) is 6.19. The van der Waals surface area contributed by atoms with Gasteiger partial charge in [-0.25, -0.2) is 5.43 Å². The molecule has 0 bridgehead atoms. The summed E-state index contributed by atoms with van der Waals surface area (Å²) in [6.45, 7) is 4.94. The Morgan fingerprint density at radius 1 is 1.23 bits per heavy atom. The number of hydrogen-bond acceptors (Lipinski definition) is 5. The summed E-state index contributed by atoms with van der Waals surface area (Å²) in [5.74, 6) is 1.38. The monoisotopic (exact) mass is 356 g/mol. The lowest BCUT2D eigenvalue weighted by atomic mass is 10.1. The number of benzene rings is 2. The van der Waals surface area contributed by atoms with Crippen molar-refractivity contribution in [2.75, 3.05) is 13.7 Å². The molecule has 2 aromatic carbocycles. The minimum absolute atomic E-state index is 0.0100. The third-order valence-corrected chi connectivity index (χ3v) is 3.66. The summed E-state index contributed by atoms with van der Waals surface area (Å²) in [5.41, 5.74) is 3.57. The standard InChI is InChI=1S/C20H24N2O4/c1-14(2)10-11-26-17-7-5-16(6-8-17)20(24)22-21-13-15-4-9-19(25-3)18(23)12-15/h4-9,12-14,23H,10-11H2,1-3H3,(H,22,24)/b21-13-. The highest BCUT2D eigenvalue weighted by atomic mass is 16.5. The van der Waals surface area contributed by atoms with Crippen molar-refractivity contribution in [1.29, 1.82) is 0 Å². The number of amides is 1. The number of nitrogens with zero attached hydrogens (tertiary/aromatic N) is 1. The molecule has 2 aromatic rings. The largest absolute Gasteiger partial charge is 0.504 e. The average molecular weight is 356 g/mol. The predicted octanol–water partition coefficient (Wildman–Crippen LogP) is 3.59. The van der Waals surface area contributed by atoms with Gasteiger partial charge in [0.15, 0.2) is 11.5 Å². The van der Waals surface area contributed by atoms with Gasteiger partial charge in [-0.05, 0) is 60.4 Å². The first-order valence-electron chi connectivity index (χ1n) is 8.43. The number of rotatable bonds is 8. The number of carbonyl (C=O) groups excluding carboxylic acids is 1. The Kier molecular flexibility index (Phi) is 7.02. The molecule has 0 aliphatic carbocycles. The Hall–Kier alpha value is -3.02. The summed E-state index contributed by atoms with van der Waals surface area (Å²) in [7, 11) is 1.48. The fourth-order valence-electron chi connectivity index (χ4n) is 2.13. The van der Waals surface area contributed by atoms with Crippen LogP contribution in [0, 0.1) is 5.92 Å². The van der Waals surface area contributed by atoms with Gasteiger partial charge in [0, 0.05) is 5.56 Å². The Bertz CT molecular complexity index is 755. The van der Waals surface area contributed by atoms with Crippen molar-refractivity contribution >= 4 is 12.1 Å². The van der Waals surface area contributed by atoms with Crippen LogP contribution in [0.2, 0.25) is 0 Å². The molecule has 0 aliphatic heterocycles. The lowest BCUT2D eigenvalue weighted by Crippen LogP contribution is -2.17. The van der Waals surface area contributed by atoms with Gasteiger partial charge in [-0.2, -0.15) is 5.10 Å². The van der Waals surface area contributed by atoms with Gasteiger partial charge in [0.2, 0.25) is 0 Å². The molecule has 0 fully saturated rings. The SMILES string of the molecule is COc1ccc(/C=N\NC(=O)c2ccc(OCCC(C)C)cc2)cc1O. The van der Waals surface area contributed by atoms with Crippen LogP contribution >= 0.6 is 0 Å². The zero-order valence-electron chi connectivity index (χ0n) is 15.2. The van der Waals surface area contributed by atoms with Crippen molar-refractivity contribution in [3.05, 3.63) is 53.6 Å². The van der Waals surface area contributed by atoms with Crippen LogP contribution < -0.4 is 14.9 Å². The predicted molar refractivity (Wildman–Crippen MR) is 101 cm³/mol. The highest BCUT2D eigenvalue weighted by Gasteiger charge is 2.05. The third-order valence-electron chi connectivity index (χ3n) is 3.66. The highest BCUT2D eigenvalue weighted by Crippen LogP contribution is 2.25. The first kappa shape index (κ1) is 19.3. The second kappa shape index (κ2) is 9.46. The summed E-state index contributed by atoms with van der Waals surface area (Å²) in [5, 5.41) is 13.6. The molecule has 2 rings (SSSR count). The van der Waals surface area contributed by atoms with E-state index >= 15 is 0 Å². The van der Waals surface area contributed by atoms with Crippen molar-refractivity contribution in [3.8, 4) is 17.2 Å². The molecule has 6 nitrogen and oxygen atoms in total. The number of hydrogen-bond donors (Lipinski definition) is 2. The highest BCUT2D eigenvalue weighted by molar-refractivity contribution is 5.95. The fourth-order valence-corrected chi connectivity index (χ4v) is 2.13. The number of phenols is 1. The lowest BCUT2D eigenvalue weighted by molar-refractivity contribution is 0.0955.